The zero-order chi connectivity index (χ0) is 22.0. The van der Waals surface area contributed by atoms with E-state index in [-0.39, 0.29) is 30.1 Å². The van der Waals surface area contributed by atoms with E-state index >= 15 is 0 Å². The van der Waals surface area contributed by atoms with E-state index in [1.807, 2.05) is 0 Å². The first kappa shape index (κ1) is 20.4. The topological polar surface area (TPSA) is 125 Å². The van der Waals surface area contributed by atoms with E-state index in [1.54, 1.807) is 41.3 Å². The van der Waals surface area contributed by atoms with Crippen LogP contribution in [0.15, 0.2) is 64.1 Å². The lowest BCUT2D eigenvalue weighted by Gasteiger charge is -2.12. The van der Waals surface area contributed by atoms with E-state index in [0.29, 0.717) is 28.3 Å². The number of fused-ring (bicyclic) bond motifs is 1. The quantitative estimate of drug-likeness (QED) is 0.344. The Bertz CT molecular complexity index is 1330. The molecule has 4 rings (SSSR count). The number of non-ortho nitro benzene ring substituents is 1. The predicted molar refractivity (Wildman–Crippen MR) is 114 cm³/mol. The summed E-state index contributed by atoms with van der Waals surface area (Å²) in [5, 5.41) is 18.3. The monoisotopic (exact) mass is 441 g/mol. The van der Waals surface area contributed by atoms with Crippen molar-refractivity contribution in [1.82, 2.24) is 14.3 Å². The first-order chi connectivity index (χ1) is 14.9. The molecule has 1 N–H and O–H groups in total. The van der Waals surface area contributed by atoms with Gasteiger partial charge in [0.15, 0.2) is 5.58 Å². The number of carbonyl (C=O) groups excluding carboxylic acids is 1. The van der Waals surface area contributed by atoms with Crippen molar-refractivity contribution in [3.63, 3.8) is 0 Å². The Hall–Kier alpha value is -3.92. The van der Waals surface area contributed by atoms with Gasteiger partial charge in [-0.15, -0.1) is 0 Å². The Morgan fingerprint density at radius 1 is 1.26 bits per heavy atom. The Labute approximate surface area is 179 Å². The van der Waals surface area contributed by atoms with Crippen LogP contribution >= 0.6 is 11.6 Å². The number of amides is 1. The fourth-order valence-electron chi connectivity index (χ4n) is 3.21. The molecule has 31 heavy (non-hydrogen) atoms. The molecule has 0 atom stereocenters. The number of nitro groups is 1. The number of nitro benzene ring substituents is 1. The van der Waals surface area contributed by atoms with Crippen LogP contribution in [0.5, 0.6) is 0 Å². The fraction of sp³-hybridized carbons (Fsp3) is 0.150. The number of rotatable bonds is 7. The van der Waals surface area contributed by atoms with Gasteiger partial charge in [-0.2, -0.15) is 5.10 Å². The van der Waals surface area contributed by atoms with E-state index in [9.17, 15) is 19.7 Å². The number of oxazole rings is 1. The molecule has 158 valence electrons. The molecule has 0 saturated heterocycles. The normalized spacial score (nSPS) is 11.0. The number of carbonyl (C=O) groups is 1. The van der Waals surface area contributed by atoms with Gasteiger partial charge in [0.05, 0.1) is 27.9 Å². The average Bonchev–Trinajstić information content (AvgIpc) is 3.36. The van der Waals surface area contributed by atoms with Crippen molar-refractivity contribution >= 4 is 40.0 Å². The summed E-state index contributed by atoms with van der Waals surface area (Å²) in [6.07, 6.45) is 3.87. The highest BCUT2D eigenvalue weighted by atomic mass is 35.5. The molecule has 0 aliphatic carbocycles. The van der Waals surface area contributed by atoms with Gasteiger partial charge in [0, 0.05) is 36.4 Å². The third-order valence-electron chi connectivity index (χ3n) is 4.63. The van der Waals surface area contributed by atoms with Crippen molar-refractivity contribution in [1.29, 1.82) is 0 Å². The minimum atomic E-state index is -0.633. The molecule has 2 heterocycles. The number of aromatic nitrogens is 3. The SMILES string of the molecule is O=C(CCCn1c(=O)oc2cc([N+](=O)[O-])ccc21)Nc1cc(Cl)ccc1-n1cccn1. The second-order valence-corrected chi connectivity index (χ2v) is 7.13. The molecule has 11 heteroatoms. The van der Waals surface area contributed by atoms with Crippen LogP contribution in [0.2, 0.25) is 5.02 Å². The Kier molecular flexibility index (Phi) is 5.54. The molecule has 1 amide bonds. The number of hydrogen-bond donors (Lipinski definition) is 1. The number of nitrogens with zero attached hydrogens (tertiary/aromatic N) is 4. The summed E-state index contributed by atoms with van der Waals surface area (Å²) in [5.74, 6) is -0.890. The summed E-state index contributed by atoms with van der Waals surface area (Å²) in [6, 6.07) is 10.8. The Balaban J connectivity index is 1.44. The van der Waals surface area contributed by atoms with Gasteiger partial charge in [-0.05, 0) is 36.8 Å². The first-order valence-electron chi connectivity index (χ1n) is 9.29. The van der Waals surface area contributed by atoms with Crippen LogP contribution in [0.3, 0.4) is 0 Å². The minimum Gasteiger partial charge on any atom is -0.407 e. The molecule has 2 aromatic carbocycles. The number of aryl methyl sites for hydroxylation is 1. The van der Waals surface area contributed by atoms with Crippen molar-refractivity contribution in [3.8, 4) is 5.69 Å². The second-order valence-electron chi connectivity index (χ2n) is 6.69. The van der Waals surface area contributed by atoms with Crippen molar-refractivity contribution < 1.29 is 14.1 Å². The van der Waals surface area contributed by atoms with Gasteiger partial charge in [0.2, 0.25) is 5.91 Å². The minimum absolute atomic E-state index is 0.131. The molecule has 0 spiro atoms. The van der Waals surface area contributed by atoms with Gasteiger partial charge < -0.3 is 9.73 Å². The number of hydrogen-bond acceptors (Lipinski definition) is 6. The molecule has 0 aliphatic rings. The smallest absolute Gasteiger partial charge is 0.407 e. The molecular formula is C20H16ClN5O5. The number of benzene rings is 2. The Morgan fingerprint density at radius 3 is 2.84 bits per heavy atom. The maximum atomic E-state index is 12.5. The second kappa shape index (κ2) is 8.44. The van der Waals surface area contributed by atoms with Gasteiger partial charge >= 0.3 is 5.76 Å². The molecule has 0 fully saturated rings. The summed E-state index contributed by atoms with van der Waals surface area (Å²) >= 11 is 6.07. The first-order valence-corrected chi connectivity index (χ1v) is 9.67. The van der Waals surface area contributed by atoms with Crippen LogP contribution in [0, 0.1) is 10.1 Å². The predicted octanol–water partition coefficient (Wildman–Crippen LogP) is 3.76. The van der Waals surface area contributed by atoms with E-state index in [1.165, 1.54) is 22.8 Å². The molecule has 4 aromatic rings. The highest BCUT2D eigenvalue weighted by Gasteiger charge is 2.15. The third-order valence-corrected chi connectivity index (χ3v) is 4.87. The molecule has 0 unspecified atom stereocenters. The van der Waals surface area contributed by atoms with Crippen molar-refractivity contribution in [3.05, 3.63) is 80.5 Å². The number of halogens is 1. The zero-order valence-corrected chi connectivity index (χ0v) is 16.8. The highest BCUT2D eigenvalue weighted by Crippen LogP contribution is 2.25. The summed E-state index contributed by atoms with van der Waals surface area (Å²) in [6.45, 7) is 0.221. The molecule has 0 bridgehead atoms. The summed E-state index contributed by atoms with van der Waals surface area (Å²) in [5.41, 5.74) is 1.58. The Morgan fingerprint density at radius 2 is 2.10 bits per heavy atom. The average molecular weight is 442 g/mol. The lowest BCUT2D eigenvalue weighted by molar-refractivity contribution is -0.384. The molecular weight excluding hydrogens is 426 g/mol. The number of anilines is 1. The van der Waals surface area contributed by atoms with Crippen molar-refractivity contribution in [2.45, 2.75) is 19.4 Å². The molecule has 0 saturated carbocycles. The molecule has 0 aliphatic heterocycles. The van der Waals surface area contributed by atoms with Crippen LogP contribution in [0.1, 0.15) is 12.8 Å². The van der Waals surface area contributed by atoms with Crippen molar-refractivity contribution in [2.24, 2.45) is 0 Å². The van der Waals surface area contributed by atoms with Gasteiger partial charge in [0.1, 0.15) is 0 Å². The maximum absolute atomic E-state index is 12.5. The summed E-state index contributed by atoms with van der Waals surface area (Å²) in [7, 11) is 0. The highest BCUT2D eigenvalue weighted by molar-refractivity contribution is 6.31. The maximum Gasteiger partial charge on any atom is 0.419 e. The molecule has 0 radical (unpaired) electrons. The van der Waals surface area contributed by atoms with Crippen LogP contribution in [0.4, 0.5) is 11.4 Å². The van der Waals surface area contributed by atoms with E-state index in [2.05, 4.69) is 10.4 Å². The van der Waals surface area contributed by atoms with Crippen LogP contribution in [-0.2, 0) is 11.3 Å². The number of nitrogens with one attached hydrogen (secondary N) is 1. The lowest BCUT2D eigenvalue weighted by Crippen LogP contribution is -2.17. The van der Waals surface area contributed by atoms with Gasteiger partial charge in [-0.3, -0.25) is 19.5 Å². The van der Waals surface area contributed by atoms with Gasteiger partial charge in [-0.1, -0.05) is 11.6 Å². The van der Waals surface area contributed by atoms with Crippen LogP contribution in [0.25, 0.3) is 16.8 Å². The fourth-order valence-corrected chi connectivity index (χ4v) is 3.38. The van der Waals surface area contributed by atoms with E-state index in [4.69, 9.17) is 16.0 Å². The summed E-state index contributed by atoms with van der Waals surface area (Å²) < 4.78 is 8.05. The zero-order valence-electron chi connectivity index (χ0n) is 16.0. The lowest BCUT2D eigenvalue weighted by atomic mass is 10.2. The van der Waals surface area contributed by atoms with Crippen LogP contribution < -0.4 is 11.1 Å². The van der Waals surface area contributed by atoms with E-state index in [0.717, 1.165) is 0 Å². The molecule has 2 aromatic heterocycles. The van der Waals surface area contributed by atoms with Gasteiger partial charge in [0.25, 0.3) is 5.69 Å². The standard InChI is InChI=1S/C20H16ClN5O5/c21-13-4-6-16(25-10-2-8-22-25)15(11-13)23-19(27)3-1-9-24-17-7-5-14(26(29)30)12-18(17)31-20(24)28/h2,4-8,10-12H,1,3,9H2,(H,23,27). The van der Waals surface area contributed by atoms with Crippen LogP contribution in [-0.4, -0.2) is 25.2 Å². The summed E-state index contributed by atoms with van der Waals surface area (Å²) in [4.78, 5) is 34.9. The van der Waals surface area contributed by atoms with Crippen molar-refractivity contribution in [2.75, 3.05) is 5.32 Å². The molecule has 10 nitrogen and oxygen atoms in total. The third kappa shape index (κ3) is 4.33. The largest absolute Gasteiger partial charge is 0.419 e. The van der Waals surface area contributed by atoms with Gasteiger partial charge in [-0.25, -0.2) is 9.48 Å². The van der Waals surface area contributed by atoms with E-state index < -0.39 is 10.7 Å².